The van der Waals surface area contributed by atoms with Crippen LogP contribution >= 0.6 is 0 Å². The van der Waals surface area contributed by atoms with Crippen molar-refractivity contribution < 1.29 is 4.39 Å². The Morgan fingerprint density at radius 2 is 1.88 bits per heavy atom. The molecule has 1 nitrogen and oxygen atoms in total. The number of allylic oxidation sites excluding steroid dienone is 1. The summed E-state index contributed by atoms with van der Waals surface area (Å²) in [5.74, 6) is -0.207. The van der Waals surface area contributed by atoms with Crippen molar-refractivity contribution in [3.8, 4) is 0 Å². The van der Waals surface area contributed by atoms with Crippen LogP contribution in [0.15, 0.2) is 36.9 Å². The van der Waals surface area contributed by atoms with Crippen LogP contribution in [0.2, 0.25) is 0 Å². The van der Waals surface area contributed by atoms with Crippen LogP contribution in [-0.2, 0) is 0 Å². The second kappa shape index (κ2) is 7.18. The lowest BCUT2D eigenvalue weighted by Gasteiger charge is -2.11. The van der Waals surface area contributed by atoms with Crippen molar-refractivity contribution in [2.75, 3.05) is 0 Å². The molecular formula is C14H20FN. The zero-order valence-corrected chi connectivity index (χ0v) is 9.66. The first-order chi connectivity index (χ1) is 7.74. The quantitative estimate of drug-likeness (QED) is 0.547. The molecule has 0 amide bonds. The van der Waals surface area contributed by atoms with Gasteiger partial charge >= 0.3 is 0 Å². The molecule has 1 rings (SSSR count). The van der Waals surface area contributed by atoms with Crippen LogP contribution < -0.4 is 5.73 Å². The number of unbranched alkanes of at least 4 members (excludes halogenated alkanes) is 3. The molecule has 0 aliphatic heterocycles. The maximum atomic E-state index is 12.7. The lowest BCUT2D eigenvalue weighted by molar-refractivity contribution is 0.570. The van der Waals surface area contributed by atoms with Crippen LogP contribution in [0, 0.1) is 5.82 Å². The van der Waals surface area contributed by atoms with E-state index in [2.05, 4.69) is 6.58 Å². The third-order valence-corrected chi connectivity index (χ3v) is 2.72. The van der Waals surface area contributed by atoms with E-state index in [4.69, 9.17) is 5.73 Å². The maximum Gasteiger partial charge on any atom is 0.123 e. The highest BCUT2D eigenvalue weighted by Crippen LogP contribution is 2.17. The highest BCUT2D eigenvalue weighted by molar-refractivity contribution is 5.19. The first-order valence-electron chi connectivity index (χ1n) is 5.86. The molecule has 0 bridgehead atoms. The van der Waals surface area contributed by atoms with E-state index in [0.717, 1.165) is 24.8 Å². The molecule has 1 atom stereocenters. The predicted octanol–water partition coefficient (Wildman–Crippen LogP) is 3.96. The fraction of sp³-hybridized carbons (Fsp3) is 0.429. The summed E-state index contributed by atoms with van der Waals surface area (Å²) in [6, 6.07) is 6.50. The average molecular weight is 221 g/mol. The number of hydrogen-bond donors (Lipinski definition) is 1. The third-order valence-electron chi connectivity index (χ3n) is 2.72. The van der Waals surface area contributed by atoms with Crippen molar-refractivity contribution in [1.82, 2.24) is 0 Å². The molecule has 0 aliphatic carbocycles. The Kier molecular flexibility index (Phi) is 5.79. The van der Waals surface area contributed by atoms with E-state index in [-0.39, 0.29) is 11.9 Å². The van der Waals surface area contributed by atoms with E-state index in [1.165, 1.54) is 25.0 Å². The van der Waals surface area contributed by atoms with Crippen LogP contribution in [-0.4, -0.2) is 0 Å². The standard InChI is InChI=1S/C14H20FN/c1-2-3-4-5-6-7-14(16)12-8-10-13(15)11-9-12/h2,8-11,14H,1,3-7,16H2. The highest BCUT2D eigenvalue weighted by atomic mass is 19.1. The monoisotopic (exact) mass is 221 g/mol. The van der Waals surface area contributed by atoms with Gasteiger partial charge < -0.3 is 5.73 Å². The molecule has 1 aromatic carbocycles. The summed E-state index contributed by atoms with van der Waals surface area (Å²) >= 11 is 0. The molecule has 88 valence electrons. The Bertz CT molecular complexity index is 305. The van der Waals surface area contributed by atoms with Crippen molar-refractivity contribution in [1.29, 1.82) is 0 Å². The van der Waals surface area contributed by atoms with Gasteiger partial charge in [-0.25, -0.2) is 4.39 Å². The average Bonchev–Trinajstić information content (AvgIpc) is 2.29. The Hall–Kier alpha value is -1.15. The number of nitrogens with two attached hydrogens (primary N) is 1. The molecule has 0 radical (unpaired) electrons. The maximum absolute atomic E-state index is 12.7. The number of hydrogen-bond acceptors (Lipinski definition) is 1. The van der Waals surface area contributed by atoms with E-state index >= 15 is 0 Å². The lowest BCUT2D eigenvalue weighted by Crippen LogP contribution is -2.09. The Morgan fingerprint density at radius 1 is 1.19 bits per heavy atom. The molecule has 0 spiro atoms. The minimum Gasteiger partial charge on any atom is -0.324 e. The first-order valence-corrected chi connectivity index (χ1v) is 5.86. The van der Waals surface area contributed by atoms with Gasteiger partial charge in [0.1, 0.15) is 5.82 Å². The van der Waals surface area contributed by atoms with E-state index < -0.39 is 0 Å². The summed E-state index contributed by atoms with van der Waals surface area (Å²) in [6.07, 6.45) is 7.46. The molecule has 0 fully saturated rings. The lowest BCUT2D eigenvalue weighted by atomic mass is 10.0. The Labute approximate surface area is 97.2 Å². The van der Waals surface area contributed by atoms with Crippen LogP contribution in [0.25, 0.3) is 0 Å². The molecule has 2 N–H and O–H groups in total. The van der Waals surface area contributed by atoms with Gasteiger partial charge in [0.25, 0.3) is 0 Å². The summed E-state index contributed by atoms with van der Waals surface area (Å²) in [4.78, 5) is 0. The van der Waals surface area contributed by atoms with E-state index in [9.17, 15) is 4.39 Å². The third kappa shape index (κ3) is 4.58. The number of halogens is 1. The molecule has 0 saturated heterocycles. The van der Waals surface area contributed by atoms with Gasteiger partial charge in [0, 0.05) is 6.04 Å². The largest absolute Gasteiger partial charge is 0.324 e. The van der Waals surface area contributed by atoms with Gasteiger partial charge in [-0.05, 0) is 37.0 Å². The Morgan fingerprint density at radius 3 is 2.50 bits per heavy atom. The second-order valence-electron chi connectivity index (χ2n) is 4.08. The summed E-state index contributed by atoms with van der Waals surface area (Å²) in [6.45, 7) is 3.69. The van der Waals surface area contributed by atoms with Crippen LogP contribution in [0.3, 0.4) is 0 Å². The molecule has 1 aromatic rings. The molecule has 0 heterocycles. The van der Waals surface area contributed by atoms with Gasteiger partial charge in [0.15, 0.2) is 0 Å². The SMILES string of the molecule is C=CCCCCCC(N)c1ccc(F)cc1. The topological polar surface area (TPSA) is 26.0 Å². The van der Waals surface area contributed by atoms with E-state index in [0.29, 0.717) is 0 Å². The first kappa shape index (κ1) is 12.9. The minimum absolute atomic E-state index is 0.0318. The molecule has 0 aromatic heterocycles. The smallest absolute Gasteiger partial charge is 0.123 e. The summed E-state index contributed by atoms with van der Waals surface area (Å²) in [5.41, 5.74) is 7.04. The highest BCUT2D eigenvalue weighted by Gasteiger charge is 2.05. The second-order valence-corrected chi connectivity index (χ2v) is 4.08. The van der Waals surface area contributed by atoms with Gasteiger partial charge in [-0.3, -0.25) is 0 Å². The summed E-state index contributed by atoms with van der Waals surface area (Å²) in [5, 5.41) is 0. The number of benzene rings is 1. The fourth-order valence-corrected chi connectivity index (χ4v) is 1.71. The van der Waals surface area contributed by atoms with Gasteiger partial charge in [-0.2, -0.15) is 0 Å². The summed E-state index contributed by atoms with van der Waals surface area (Å²) < 4.78 is 12.7. The fourth-order valence-electron chi connectivity index (χ4n) is 1.71. The van der Waals surface area contributed by atoms with E-state index in [1.807, 2.05) is 6.08 Å². The minimum atomic E-state index is -0.207. The van der Waals surface area contributed by atoms with Crippen molar-refractivity contribution in [2.45, 2.75) is 38.1 Å². The van der Waals surface area contributed by atoms with Crippen LogP contribution in [0.5, 0.6) is 0 Å². The zero-order valence-electron chi connectivity index (χ0n) is 9.66. The van der Waals surface area contributed by atoms with Crippen molar-refractivity contribution in [3.05, 3.63) is 48.3 Å². The molecule has 16 heavy (non-hydrogen) atoms. The van der Waals surface area contributed by atoms with Gasteiger partial charge in [-0.1, -0.05) is 31.1 Å². The van der Waals surface area contributed by atoms with Crippen LogP contribution in [0.4, 0.5) is 4.39 Å². The molecule has 0 aliphatic rings. The molecule has 2 heteroatoms. The summed E-state index contributed by atoms with van der Waals surface area (Å²) in [7, 11) is 0. The molecule has 1 unspecified atom stereocenters. The number of rotatable bonds is 7. The predicted molar refractivity (Wildman–Crippen MR) is 66.6 cm³/mol. The van der Waals surface area contributed by atoms with Gasteiger partial charge in [0.2, 0.25) is 0 Å². The van der Waals surface area contributed by atoms with Crippen molar-refractivity contribution in [2.24, 2.45) is 5.73 Å². The van der Waals surface area contributed by atoms with Gasteiger partial charge in [0.05, 0.1) is 0 Å². The van der Waals surface area contributed by atoms with Gasteiger partial charge in [-0.15, -0.1) is 6.58 Å². The normalized spacial score (nSPS) is 12.4. The van der Waals surface area contributed by atoms with E-state index in [1.54, 1.807) is 12.1 Å². The van der Waals surface area contributed by atoms with Crippen molar-refractivity contribution in [3.63, 3.8) is 0 Å². The van der Waals surface area contributed by atoms with Crippen molar-refractivity contribution >= 4 is 0 Å². The zero-order chi connectivity index (χ0) is 11.8. The van der Waals surface area contributed by atoms with Crippen LogP contribution in [0.1, 0.15) is 43.7 Å². The Balaban J connectivity index is 2.26. The molecule has 0 saturated carbocycles. The molecular weight excluding hydrogens is 201 g/mol.